The Morgan fingerprint density at radius 3 is 2.43 bits per heavy atom. The summed E-state index contributed by atoms with van der Waals surface area (Å²) in [5.74, 6) is 1.57. The van der Waals surface area contributed by atoms with Crippen LogP contribution in [-0.2, 0) is 0 Å². The third-order valence-electron chi connectivity index (χ3n) is 4.91. The minimum atomic E-state index is 0.0561. The molecular formula is C13H22O. The molecule has 0 radical (unpaired) electrons. The first-order valence-electron chi connectivity index (χ1n) is 6.48. The maximum absolute atomic E-state index is 10.1. The largest absolute Gasteiger partial charge is 0.393 e. The quantitative estimate of drug-likeness (QED) is 0.732. The summed E-state index contributed by atoms with van der Waals surface area (Å²) in [6.45, 7) is 0. The first-order valence-corrected chi connectivity index (χ1v) is 6.48. The van der Waals surface area contributed by atoms with Gasteiger partial charge in [0.2, 0.25) is 0 Å². The third-order valence-corrected chi connectivity index (χ3v) is 4.91. The summed E-state index contributed by atoms with van der Waals surface area (Å²) in [6, 6.07) is 0. The Bertz CT molecular complexity index is 213. The van der Waals surface area contributed by atoms with Gasteiger partial charge in [-0.05, 0) is 42.9 Å². The zero-order valence-corrected chi connectivity index (χ0v) is 9.04. The monoisotopic (exact) mass is 194 g/mol. The van der Waals surface area contributed by atoms with Crippen LogP contribution in [-0.4, -0.2) is 11.2 Å². The highest BCUT2D eigenvalue weighted by Gasteiger charge is 2.64. The summed E-state index contributed by atoms with van der Waals surface area (Å²) in [5, 5.41) is 10.1. The zero-order valence-electron chi connectivity index (χ0n) is 9.04. The average molecular weight is 194 g/mol. The third kappa shape index (κ3) is 1.60. The van der Waals surface area contributed by atoms with E-state index in [0.29, 0.717) is 11.3 Å². The summed E-state index contributed by atoms with van der Waals surface area (Å²) in [7, 11) is 0. The first kappa shape index (κ1) is 9.21. The SMILES string of the molecule is OC(CC1CCCCC1)C1CC12CC2. The van der Waals surface area contributed by atoms with Crippen LogP contribution in [0.5, 0.6) is 0 Å². The van der Waals surface area contributed by atoms with Crippen molar-refractivity contribution in [2.24, 2.45) is 17.3 Å². The van der Waals surface area contributed by atoms with E-state index < -0.39 is 0 Å². The Labute approximate surface area is 86.9 Å². The number of hydrogen-bond acceptors (Lipinski definition) is 1. The molecule has 3 aliphatic rings. The van der Waals surface area contributed by atoms with Crippen LogP contribution in [0.15, 0.2) is 0 Å². The molecule has 0 aliphatic heterocycles. The van der Waals surface area contributed by atoms with Gasteiger partial charge in [0.25, 0.3) is 0 Å². The molecule has 3 aliphatic carbocycles. The maximum atomic E-state index is 10.1. The summed E-state index contributed by atoms with van der Waals surface area (Å²) >= 11 is 0. The number of aliphatic hydroxyl groups is 1. The van der Waals surface area contributed by atoms with Crippen molar-refractivity contribution >= 4 is 0 Å². The van der Waals surface area contributed by atoms with Crippen LogP contribution >= 0.6 is 0 Å². The summed E-state index contributed by atoms with van der Waals surface area (Å²) in [6.07, 6.45) is 12.4. The van der Waals surface area contributed by atoms with E-state index in [4.69, 9.17) is 0 Å². The second-order valence-corrected chi connectivity index (χ2v) is 5.98. The van der Waals surface area contributed by atoms with Crippen LogP contribution in [0.2, 0.25) is 0 Å². The molecule has 14 heavy (non-hydrogen) atoms. The smallest absolute Gasteiger partial charge is 0.0576 e. The molecule has 1 nitrogen and oxygen atoms in total. The molecule has 2 unspecified atom stereocenters. The molecule has 1 heteroatoms. The molecule has 0 aromatic rings. The van der Waals surface area contributed by atoms with Crippen molar-refractivity contribution < 1.29 is 5.11 Å². The Kier molecular flexibility index (Phi) is 2.12. The van der Waals surface area contributed by atoms with Gasteiger partial charge in [0, 0.05) is 0 Å². The molecule has 0 bridgehead atoms. The molecular weight excluding hydrogens is 172 g/mol. The Balaban J connectivity index is 1.47. The Morgan fingerprint density at radius 1 is 1.14 bits per heavy atom. The maximum Gasteiger partial charge on any atom is 0.0576 e. The fourth-order valence-corrected chi connectivity index (χ4v) is 3.59. The minimum Gasteiger partial charge on any atom is -0.393 e. The van der Waals surface area contributed by atoms with Crippen LogP contribution in [0.25, 0.3) is 0 Å². The first-order chi connectivity index (χ1) is 6.80. The van der Waals surface area contributed by atoms with Gasteiger partial charge in [0.15, 0.2) is 0 Å². The van der Waals surface area contributed by atoms with Gasteiger partial charge in [0.1, 0.15) is 0 Å². The van der Waals surface area contributed by atoms with Gasteiger partial charge in [-0.25, -0.2) is 0 Å². The van der Waals surface area contributed by atoms with Gasteiger partial charge in [0.05, 0.1) is 6.10 Å². The molecule has 0 saturated heterocycles. The van der Waals surface area contributed by atoms with E-state index >= 15 is 0 Å². The zero-order chi connectivity index (χ0) is 9.60. The lowest BCUT2D eigenvalue weighted by Gasteiger charge is -2.24. The Morgan fingerprint density at radius 2 is 1.86 bits per heavy atom. The molecule has 3 rings (SSSR count). The summed E-state index contributed by atoms with van der Waals surface area (Å²) in [5.41, 5.74) is 0.689. The van der Waals surface area contributed by atoms with Crippen LogP contribution < -0.4 is 0 Å². The van der Waals surface area contributed by atoms with Gasteiger partial charge in [-0.15, -0.1) is 0 Å². The van der Waals surface area contributed by atoms with Crippen LogP contribution in [0.3, 0.4) is 0 Å². The molecule has 1 spiro atoms. The number of rotatable bonds is 3. The van der Waals surface area contributed by atoms with Crippen molar-refractivity contribution in [3.05, 3.63) is 0 Å². The fourth-order valence-electron chi connectivity index (χ4n) is 3.59. The van der Waals surface area contributed by atoms with Crippen molar-refractivity contribution in [3.63, 3.8) is 0 Å². The molecule has 0 heterocycles. The molecule has 1 N–H and O–H groups in total. The molecule has 80 valence electrons. The Hall–Kier alpha value is -0.0400. The van der Waals surface area contributed by atoms with E-state index in [1.54, 1.807) is 0 Å². The van der Waals surface area contributed by atoms with Crippen molar-refractivity contribution in [3.8, 4) is 0 Å². The second kappa shape index (κ2) is 3.23. The van der Waals surface area contributed by atoms with Crippen LogP contribution in [0.4, 0.5) is 0 Å². The summed E-state index contributed by atoms with van der Waals surface area (Å²) < 4.78 is 0. The van der Waals surface area contributed by atoms with Crippen LogP contribution in [0.1, 0.15) is 57.8 Å². The molecule has 0 aromatic heterocycles. The van der Waals surface area contributed by atoms with E-state index in [1.165, 1.54) is 51.4 Å². The van der Waals surface area contributed by atoms with Crippen molar-refractivity contribution in [2.45, 2.75) is 63.9 Å². The van der Waals surface area contributed by atoms with E-state index in [0.717, 1.165) is 12.3 Å². The molecule has 3 fully saturated rings. The number of hydrogen-bond donors (Lipinski definition) is 1. The molecule has 0 aromatic carbocycles. The topological polar surface area (TPSA) is 20.2 Å². The lowest BCUT2D eigenvalue weighted by molar-refractivity contribution is 0.103. The van der Waals surface area contributed by atoms with Gasteiger partial charge in [-0.1, -0.05) is 32.1 Å². The van der Waals surface area contributed by atoms with Crippen LogP contribution in [0, 0.1) is 17.3 Å². The molecule has 0 amide bonds. The van der Waals surface area contributed by atoms with Gasteiger partial charge in [-0.3, -0.25) is 0 Å². The van der Waals surface area contributed by atoms with Gasteiger partial charge < -0.3 is 5.11 Å². The predicted octanol–water partition coefficient (Wildman–Crippen LogP) is 3.12. The minimum absolute atomic E-state index is 0.0561. The highest BCUT2D eigenvalue weighted by molar-refractivity contribution is 5.14. The fraction of sp³-hybridized carbons (Fsp3) is 1.00. The molecule has 3 saturated carbocycles. The van der Waals surface area contributed by atoms with Crippen molar-refractivity contribution in [1.82, 2.24) is 0 Å². The van der Waals surface area contributed by atoms with Gasteiger partial charge in [-0.2, -0.15) is 0 Å². The highest BCUT2D eigenvalue weighted by atomic mass is 16.3. The predicted molar refractivity (Wildman–Crippen MR) is 57.0 cm³/mol. The van der Waals surface area contributed by atoms with Crippen molar-refractivity contribution in [1.29, 1.82) is 0 Å². The van der Waals surface area contributed by atoms with E-state index in [9.17, 15) is 5.11 Å². The lowest BCUT2D eigenvalue weighted by Crippen LogP contribution is -2.18. The highest BCUT2D eigenvalue weighted by Crippen LogP contribution is 2.72. The standard InChI is InChI=1S/C13H22O/c14-12(11-9-13(11)6-7-13)8-10-4-2-1-3-5-10/h10-12,14H,1-9H2. The average Bonchev–Trinajstić information content (AvgIpc) is 3.09. The second-order valence-electron chi connectivity index (χ2n) is 5.98. The van der Waals surface area contributed by atoms with E-state index in [2.05, 4.69) is 0 Å². The van der Waals surface area contributed by atoms with E-state index in [1.807, 2.05) is 0 Å². The lowest BCUT2D eigenvalue weighted by atomic mass is 9.84. The van der Waals surface area contributed by atoms with Gasteiger partial charge >= 0.3 is 0 Å². The number of aliphatic hydroxyl groups excluding tert-OH is 1. The molecule has 2 atom stereocenters. The van der Waals surface area contributed by atoms with E-state index in [-0.39, 0.29) is 6.10 Å². The summed E-state index contributed by atoms with van der Waals surface area (Å²) in [4.78, 5) is 0. The normalized spacial score (nSPS) is 37.1. The van der Waals surface area contributed by atoms with Crippen molar-refractivity contribution in [2.75, 3.05) is 0 Å².